The average Bonchev–Trinajstić information content (AvgIpc) is 2.33. The highest BCUT2D eigenvalue weighted by molar-refractivity contribution is 5.59. The first-order valence-electron chi connectivity index (χ1n) is 5.41. The quantitative estimate of drug-likeness (QED) is 0.606. The summed E-state index contributed by atoms with van der Waals surface area (Å²) < 4.78 is 2.08. The van der Waals surface area contributed by atoms with Crippen molar-refractivity contribution in [3.05, 3.63) is 25.7 Å². The van der Waals surface area contributed by atoms with Gasteiger partial charge in [-0.2, -0.15) is 0 Å². The molecular formula is C10H16N4O3. The lowest BCUT2D eigenvalue weighted by Crippen LogP contribution is -2.38. The Bertz CT molecular complexity index is 530. The number of unbranched alkanes of at least 4 members (excludes halogenated alkanes) is 1. The van der Waals surface area contributed by atoms with Gasteiger partial charge >= 0.3 is 5.69 Å². The molecule has 0 saturated carbocycles. The molecule has 0 aliphatic carbocycles. The van der Waals surface area contributed by atoms with Crippen LogP contribution in [0.5, 0.6) is 0 Å². The maximum Gasteiger partial charge on any atom is 0.332 e. The van der Waals surface area contributed by atoms with E-state index in [2.05, 4.69) is 10.5 Å². The molecule has 0 fully saturated rings. The van der Waals surface area contributed by atoms with Crippen molar-refractivity contribution < 1.29 is 0 Å². The predicted octanol–water partition coefficient (Wildman–Crippen LogP) is 0.694. The van der Waals surface area contributed by atoms with Gasteiger partial charge in [0.1, 0.15) is 5.82 Å². The highest BCUT2D eigenvalue weighted by Gasteiger charge is 2.15. The SMILES string of the molecule is CCCCNc1c(N=O)c(=O)n(C)c(=O)n1C. The van der Waals surface area contributed by atoms with Gasteiger partial charge in [-0.1, -0.05) is 13.3 Å². The van der Waals surface area contributed by atoms with Gasteiger partial charge in [0.05, 0.1) is 0 Å². The molecule has 17 heavy (non-hydrogen) atoms. The average molecular weight is 240 g/mol. The molecule has 0 aromatic carbocycles. The summed E-state index contributed by atoms with van der Waals surface area (Å²) in [6.07, 6.45) is 1.84. The van der Waals surface area contributed by atoms with Crippen LogP contribution in [0.1, 0.15) is 19.8 Å². The van der Waals surface area contributed by atoms with Gasteiger partial charge < -0.3 is 5.32 Å². The molecule has 1 aromatic heterocycles. The molecule has 0 atom stereocenters. The molecule has 1 heterocycles. The molecule has 0 bridgehead atoms. The first-order chi connectivity index (χ1) is 8.04. The molecule has 7 nitrogen and oxygen atoms in total. The Hall–Kier alpha value is -1.92. The van der Waals surface area contributed by atoms with Crippen molar-refractivity contribution in [2.24, 2.45) is 19.3 Å². The second kappa shape index (κ2) is 5.42. The molecule has 0 saturated heterocycles. The van der Waals surface area contributed by atoms with Crippen LogP contribution < -0.4 is 16.6 Å². The van der Waals surface area contributed by atoms with E-state index in [0.717, 1.165) is 17.4 Å². The topological polar surface area (TPSA) is 85.5 Å². The standard InChI is InChI=1S/C10H16N4O3/c1-4-5-6-11-8-7(12-17)9(15)14(3)10(16)13(8)2/h11H,4-6H2,1-3H3. The molecule has 1 rings (SSSR count). The minimum atomic E-state index is -0.679. The third kappa shape index (κ3) is 2.43. The Labute approximate surface area is 98.0 Å². The summed E-state index contributed by atoms with van der Waals surface area (Å²) >= 11 is 0. The summed E-state index contributed by atoms with van der Waals surface area (Å²) in [4.78, 5) is 34.0. The lowest BCUT2D eigenvalue weighted by molar-refractivity contribution is 0.687. The minimum absolute atomic E-state index is 0.182. The first kappa shape index (κ1) is 13.1. The van der Waals surface area contributed by atoms with Crippen LogP contribution in [0.4, 0.5) is 11.5 Å². The molecular weight excluding hydrogens is 224 g/mol. The molecule has 0 unspecified atom stereocenters. The lowest BCUT2D eigenvalue weighted by atomic mass is 10.3. The zero-order valence-electron chi connectivity index (χ0n) is 10.2. The lowest BCUT2D eigenvalue weighted by Gasteiger charge is -2.12. The van der Waals surface area contributed by atoms with Crippen molar-refractivity contribution in [3.8, 4) is 0 Å². The maximum absolute atomic E-state index is 11.7. The Morgan fingerprint density at radius 1 is 1.24 bits per heavy atom. The molecule has 1 aromatic rings. The summed E-state index contributed by atoms with van der Waals surface area (Å²) in [6.45, 7) is 2.60. The van der Waals surface area contributed by atoms with Gasteiger partial charge in [0.15, 0.2) is 0 Å². The van der Waals surface area contributed by atoms with Crippen LogP contribution in [0.15, 0.2) is 14.8 Å². The number of anilines is 1. The smallest absolute Gasteiger partial charge is 0.332 e. The van der Waals surface area contributed by atoms with Crippen LogP contribution in [-0.2, 0) is 14.1 Å². The van der Waals surface area contributed by atoms with Gasteiger partial charge in [0.25, 0.3) is 5.56 Å². The van der Waals surface area contributed by atoms with E-state index in [-0.39, 0.29) is 11.5 Å². The first-order valence-corrected chi connectivity index (χ1v) is 5.41. The molecule has 1 N–H and O–H groups in total. The summed E-state index contributed by atoms with van der Waals surface area (Å²) in [5, 5.41) is 5.60. The van der Waals surface area contributed by atoms with E-state index >= 15 is 0 Å². The fraction of sp³-hybridized carbons (Fsp3) is 0.600. The van der Waals surface area contributed by atoms with E-state index in [4.69, 9.17) is 0 Å². The van der Waals surface area contributed by atoms with E-state index in [1.807, 2.05) is 6.92 Å². The molecule has 0 aliphatic rings. The molecule has 0 radical (unpaired) electrons. The Morgan fingerprint density at radius 2 is 1.88 bits per heavy atom. The van der Waals surface area contributed by atoms with Crippen LogP contribution in [0.2, 0.25) is 0 Å². The molecule has 0 amide bonds. The van der Waals surface area contributed by atoms with Gasteiger partial charge in [-0.05, 0) is 11.6 Å². The van der Waals surface area contributed by atoms with E-state index in [9.17, 15) is 14.5 Å². The van der Waals surface area contributed by atoms with Crippen molar-refractivity contribution in [3.63, 3.8) is 0 Å². The molecule has 7 heteroatoms. The highest BCUT2D eigenvalue weighted by atomic mass is 16.3. The Morgan fingerprint density at radius 3 is 2.41 bits per heavy atom. The second-order valence-electron chi connectivity index (χ2n) is 3.77. The van der Waals surface area contributed by atoms with Crippen molar-refractivity contribution in [1.29, 1.82) is 0 Å². The van der Waals surface area contributed by atoms with Gasteiger partial charge in [0, 0.05) is 20.6 Å². The fourth-order valence-corrected chi connectivity index (χ4v) is 1.49. The van der Waals surface area contributed by atoms with Crippen LogP contribution in [0, 0.1) is 4.91 Å². The summed E-state index contributed by atoms with van der Waals surface area (Å²) in [7, 11) is 2.81. The Balaban J connectivity index is 3.32. The van der Waals surface area contributed by atoms with Gasteiger partial charge in [-0.3, -0.25) is 13.9 Å². The third-order valence-electron chi connectivity index (χ3n) is 2.55. The number of nitroso groups, excluding NO2 is 1. The minimum Gasteiger partial charge on any atom is -0.369 e. The van der Waals surface area contributed by atoms with Crippen LogP contribution in [0.25, 0.3) is 0 Å². The number of hydrogen-bond acceptors (Lipinski definition) is 5. The molecule has 94 valence electrons. The van der Waals surface area contributed by atoms with E-state index in [1.54, 1.807) is 0 Å². The van der Waals surface area contributed by atoms with Gasteiger partial charge in [0.2, 0.25) is 5.69 Å². The highest BCUT2D eigenvalue weighted by Crippen LogP contribution is 2.16. The van der Waals surface area contributed by atoms with E-state index < -0.39 is 11.2 Å². The zero-order chi connectivity index (χ0) is 13.0. The van der Waals surface area contributed by atoms with Crippen molar-refractivity contribution in [2.75, 3.05) is 11.9 Å². The third-order valence-corrected chi connectivity index (χ3v) is 2.55. The number of aromatic nitrogens is 2. The van der Waals surface area contributed by atoms with Crippen LogP contribution in [0.3, 0.4) is 0 Å². The monoisotopic (exact) mass is 240 g/mol. The van der Waals surface area contributed by atoms with E-state index in [1.165, 1.54) is 18.7 Å². The maximum atomic E-state index is 11.7. The largest absolute Gasteiger partial charge is 0.369 e. The normalized spacial score (nSPS) is 10.3. The molecule has 0 aliphatic heterocycles. The summed E-state index contributed by atoms with van der Waals surface area (Å²) in [6, 6.07) is 0. The van der Waals surface area contributed by atoms with Crippen LogP contribution >= 0.6 is 0 Å². The van der Waals surface area contributed by atoms with Gasteiger partial charge in [-0.15, -0.1) is 4.91 Å². The summed E-state index contributed by atoms with van der Waals surface area (Å²) in [5.41, 5.74) is -1.42. The van der Waals surface area contributed by atoms with Crippen LogP contribution in [-0.4, -0.2) is 15.7 Å². The number of nitrogens with zero attached hydrogens (tertiary/aromatic N) is 3. The van der Waals surface area contributed by atoms with E-state index in [0.29, 0.717) is 6.54 Å². The zero-order valence-corrected chi connectivity index (χ0v) is 10.2. The van der Waals surface area contributed by atoms with Crippen molar-refractivity contribution in [2.45, 2.75) is 19.8 Å². The predicted molar refractivity (Wildman–Crippen MR) is 65.8 cm³/mol. The van der Waals surface area contributed by atoms with Crippen molar-refractivity contribution >= 4 is 11.5 Å². The second-order valence-corrected chi connectivity index (χ2v) is 3.77. The Kier molecular flexibility index (Phi) is 4.19. The summed E-state index contributed by atoms with van der Waals surface area (Å²) in [5.74, 6) is 0.182. The number of rotatable bonds is 5. The number of nitrogens with one attached hydrogen (secondary N) is 1. The number of hydrogen-bond donors (Lipinski definition) is 1. The molecule has 0 spiro atoms. The van der Waals surface area contributed by atoms with Crippen molar-refractivity contribution in [1.82, 2.24) is 9.13 Å². The van der Waals surface area contributed by atoms with Gasteiger partial charge in [-0.25, -0.2) is 4.79 Å². The fourth-order valence-electron chi connectivity index (χ4n) is 1.49.